The molecule has 8 nitrogen and oxygen atoms in total. The predicted octanol–water partition coefficient (Wildman–Crippen LogP) is 2.66. The van der Waals surface area contributed by atoms with Crippen LogP contribution in [0.15, 0.2) is 42.0 Å². The highest BCUT2D eigenvalue weighted by molar-refractivity contribution is 7.14. The summed E-state index contributed by atoms with van der Waals surface area (Å²) in [6.45, 7) is 1.82. The summed E-state index contributed by atoms with van der Waals surface area (Å²) in [5.41, 5.74) is 1.43. The number of thiazole rings is 1. The normalized spacial score (nSPS) is 11.6. The molecule has 0 saturated heterocycles. The second-order valence-corrected chi connectivity index (χ2v) is 7.35. The van der Waals surface area contributed by atoms with Crippen LogP contribution in [0.25, 0.3) is 11.3 Å². The van der Waals surface area contributed by atoms with Gasteiger partial charge in [0.15, 0.2) is 5.13 Å². The van der Waals surface area contributed by atoms with Gasteiger partial charge < -0.3 is 24.6 Å². The van der Waals surface area contributed by atoms with Crippen LogP contribution in [0.4, 0.5) is 9.52 Å². The lowest BCUT2D eigenvalue weighted by molar-refractivity contribution is -0.119. The molecular formula is C20H21BFN4O4S. The number of rotatable bonds is 9. The number of halogens is 1. The summed E-state index contributed by atoms with van der Waals surface area (Å²) in [6, 6.07) is 4.98. The van der Waals surface area contributed by atoms with Crippen molar-refractivity contribution in [2.45, 2.75) is 12.9 Å². The van der Waals surface area contributed by atoms with Crippen molar-refractivity contribution in [3.05, 3.63) is 53.4 Å². The van der Waals surface area contributed by atoms with Gasteiger partial charge in [-0.2, -0.15) is 0 Å². The van der Waals surface area contributed by atoms with Crippen molar-refractivity contribution >= 4 is 35.7 Å². The van der Waals surface area contributed by atoms with Crippen molar-refractivity contribution in [2.75, 3.05) is 26.1 Å². The SMILES string of the molecule is C[B]n1ccc(C(=O)NC(COC)C(=O)Nc2nc(-c3cc(F)cc(OC)c3)cs2)c1. The Morgan fingerprint density at radius 2 is 2.13 bits per heavy atom. The third kappa shape index (κ3) is 5.71. The summed E-state index contributed by atoms with van der Waals surface area (Å²) in [7, 11) is 4.68. The summed E-state index contributed by atoms with van der Waals surface area (Å²) in [4.78, 5) is 29.5. The topological polar surface area (TPSA) is 94.5 Å². The Bertz CT molecular complexity index is 1070. The second kappa shape index (κ2) is 10.2. The highest BCUT2D eigenvalue weighted by atomic mass is 32.1. The molecule has 0 aliphatic heterocycles. The van der Waals surface area contributed by atoms with E-state index in [2.05, 4.69) is 15.6 Å². The molecular weight excluding hydrogens is 422 g/mol. The first-order chi connectivity index (χ1) is 14.9. The van der Waals surface area contributed by atoms with Crippen molar-refractivity contribution in [1.82, 2.24) is 14.8 Å². The number of hydrogen-bond acceptors (Lipinski definition) is 6. The van der Waals surface area contributed by atoms with E-state index in [4.69, 9.17) is 9.47 Å². The molecule has 31 heavy (non-hydrogen) atoms. The fraction of sp³-hybridized carbons (Fsp3) is 0.250. The summed E-state index contributed by atoms with van der Waals surface area (Å²) < 4.78 is 25.7. The minimum Gasteiger partial charge on any atom is -0.497 e. The lowest BCUT2D eigenvalue weighted by Crippen LogP contribution is -2.46. The predicted molar refractivity (Wildman–Crippen MR) is 117 cm³/mol. The Kier molecular flexibility index (Phi) is 7.43. The number of nitrogens with zero attached hydrogens (tertiary/aromatic N) is 2. The Morgan fingerprint density at radius 3 is 2.81 bits per heavy atom. The fourth-order valence-corrected chi connectivity index (χ4v) is 3.51. The molecule has 161 valence electrons. The van der Waals surface area contributed by atoms with Gasteiger partial charge in [0.05, 0.1) is 25.0 Å². The number of benzene rings is 1. The Hall–Kier alpha value is -3.18. The first-order valence-electron chi connectivity index (χ1n) is 9.31. The summed E-state index contributed by atoms with van der Waals surface area (Å²) in [6.07, 6.45) is 3.39. The van der Waals surface area contributed by atoms with Crippen molar-refractivity contribution < 1.29 is 23.5 Å². The maximum absolute atomic E-state index is 13.8. The van der Waals surface area contributed by atoms with Crippen molar-refractivity contribution in [3.63, 3.8) is 0 Å². The first-order valence-corrected chi connectivity index (χ1v) is 10.2. The largest absolute Gasteiger partial charge is 0.497 e. The highest BCUT2D eigenvalue weighted by Crippen LogP contribution is 2.28. The van der Waals surface area contributed by atoms with Gasteiger partial charge in [0, 0.05) is 30.3 Å². The van der Waals surface area contributed by atoms with Crippen LogP contribution in [0.3, 0.4) is 0 Å². The molecule has 1 unspecified atom stereocenters. The summed E-state index contributed by atoms with van der Waals surface area (Å²) >= 11 is 1.18. The zero-order chi connectivity index (χ0) is 22.4. The van der Waals surface area contributed by atoms with Crippen LogP contribution in [0, 0.1) is 5.82 Å². The van der Waals surface area contributed by atoms with E-state index in [1.807, 2.05) is 6.82 Å². The number of ether oxygens (including phenoxy) is 2. The van der Waals surface area contributed by atoms with E-state index in [-0.39, 0.29) is 6.61 Å². The van der Waals surface area contributed by atoms with Crippen LogP contribution in [0.5, 0.6) is 5.75 Å². The highest BCUT2D eigenvalue weighted by Gasteiger charge is 2.23. The van der Waals surface area contributed by atoms with E-state index in [1.165, 1.54) is 37.7 Å². The van der Waals surface area contributed by atoms with Gasteiger partial charge in [-0.25, -0.2) is 9.37 Å². The molecule has 0 spiro atoms. The van der Waals surface area contributed by atoms with Gasteiger partial charge in [-0.05, 0) is 24.4 Å². The average Bonchev–Trinajstić information content (AvgIpc) is 3.42. The number of anilines is 1. The first kappa shape index (κ1) is 22.5. The Balaban J connectivity index is 1.69. The number of nitrogens with one attached hydrogen (secondary N) is 2. The van der Waals surface area contributed by atoms with Crippen LogP contribution in [-0.2, 0) is 9.53 Å². The molecule has 0 saturated carbocycles. The molecule has 2 aromatic heterocycles. The van der Waals surface area contributed by atoms with E-state index in [1.54, 1.807) is 41.8 Å². The standard InChI is InChI=1S/C20H21BFN4O4S/c1-21-26-5-4-12(9-26)18(27)23-16(10-29-2)19(28)25-20-24-17(11-31-20)13-6-14(22)8-15(7-13)30-3/h4-9,11,16H,10H2,1-3H3,(H,23,27)(H,24,25,28). The molecule has 3 aromatic rings. The average molecular weight is 443 g/mol. The van der Waals surface area contributed by atoms with Crippen molar-refractivity contribution in [2.24, 2.45) is 0 Å². The number of amides is 2. The van der Waals surface area contributed by atoms with E-state index in [0.29, 0.717) is 27.7 Å². The van der Waals surface area contributed by atoms with Gasteiger partial charge in [-0.1, -0.05) is 6.82 Å². The van der Waals surface area contributed by atoms with E-state index >= 15 is 0 Å². The summed E-state index contributed by atoms with van der Waals surface area (Å²) in [5.74, 6) is -0.963. The minimum atomic E-state index is -0.923. The van der Waals surface area contributed by atoms with Gasteiger partial charge in [-0.15, -0.1) is 11.3 Å². The minimum absolute atomic E-state index is 0.0164. The van der Waals surface area contributed by atoms with Crippen LogP contribution in [-0.4, -0.2) is 55.6 Å². The van der Waals surface area contributed by atoms with Gasteiger partial charge in [0.25, 0.3) is 11.8 Å². The quantitative estimate of drug-likeness (QED) is 0.496. The lowest BCUT2D eigenvalue weighted by Gasteiger charge is -2.16. The zero-order valence-electron chi connectivity index (χ0n) is 17.2. The molecule has 2 N–H and O–H groups in total. The van der Waals surface area contributed by atoms with Gasteiger partial charge >= 0.3 is 0 Å². The fourth-order valence-electron chi connectivity index (χ4n) is 2.78. The Morgan fingerprint density at radius 1 is 1.32 bits per heavy atom. The number of hydrogen-bond donors (Lipinski definition) is 2. The number of methoxy groups -OCH3 is 2. The number of aromatic nitrogens is 2. The molecule has 1 radical (unpaired) electrons. The zero-order valence-corrected chi connectivity index (χ0v) is 18.0. The van der Waals surface area contributed by atoms with Crippen LogP contribution in [0.2, 0.25) is 6.82 Å². The summed E-state index contributed by atoms with van der Waals surface area (Å²) in [5, 5.41) is 7.33. The molecule has 0 bridgehead atoms. The molecule has 0 fully saturated rings. The molecule has 3 rings (SSSR count). The van der Waals surface area contributed by atoms with Crippen LogP contribution < -0.4 is 15.4 Å². The third-order valence-electron chi connectivity index (χ3n) is 4.37. The van der Waals surface area contributed by atoms with Crippen LogP contribution >= 0.6 is 11.3 Å². The smallest absolute Gasteiger partial charge is 0.253 e. The monoisotopic (exact) mass is 443 g/mol. The van der Waals surface area contributed by atoms with Gasteiger partial charge in [0.1, 0.15) is 17.6 Å². The molecule has 0 aliphatic rings. The van der Waals surface area contributed by atoms with E-state index in [9.17, 15) is 14.0 Å². The van der Waals surface area contributed by atoms with Gasteiger partial charge in [0.2, 0.25) is 7.41 Å². The molecule has 2 amide bonds. The maximum atomic E-state index is 13.8. The van der Waals surface area contributed by atoms with Crippen LogP contribution in [0.1, 0.15) is 10.4 Å². The second-order valence-electron chi connectivity index (χ2n) is 6.49. The van der Waals surface area contributed by atoms with Crippen molar-refractivity contribution in [3.8, 4) is 17.0 Å². The van der Waals surface area contributed by atoms with E-state index < -0.39 is 23.7 Å². The Labute approximate surface area is 183 Å². The molecule has 1 atom stereocenters. The molecule has 0 aliphatic carbocycles. The van der Waals surface area contributed by atoms with Gasteiger partial charge in [-0.3, -0.25) is 9.59 Å². The maximum Gasteiger partial charge on any atom is 0.253 e. The number of carbonyl (C=O) groups excluding carboxylic acids is 2. The number of carbonyl (C=O) groups is 2. The molecule has 11 heteroatoms. The third-order valence-corrected chi connectivity index (χ3v) is 5.12. The van der Waals surface area contributed by atoms with Crippen molar-refractivity contribution in [1.29, 1.82) is 0 Å². The lowest BCUT2D eigenvalue weighted by atomic mass is 10.0. The molecule has 2 heterocycles. The van der Waals surface area contributed by atoms with E-state index in [0.717, 1.165) is 0 Å². The molecule has 1 aromatic carbocycles.